The molecule has 2 aromatic heterocycles. The number of esters is 1. The van der Waals surface area contributed by atoms with E-state index in [1.165, 1.54) is 26.2 Å². The highest BCUT2D eigenvalue weighted by molar-refractivity contribution is 5.74. The fourth-order valence-electron chi connectivity index (χ4n) is 1.57. The van der Waals surface area contributed by atoms with Crippen molar-refractivity contribution in [1.82, 2.24) is 25.1 Å². The molecule has 0 aliphatic carbocycles. The highest BCUT2D eigenvalue weighted by atomic mass is 16.6. The van der Waals surface area contributed by atoms with Crippen LogP contribution in [0.3, 0.4) is 0 Å². The predicted octanol–water partition coefficient (Wildman–Crippen LogP) is 0.408. The Labute approximate surface area is 137 Å². The summed E-state index contributed by atoms with van der Waals surface area (Å²) >= 11 is 0. The number of anilines is 2. The Bertz CT molecular complexity index is 695. The van der Waals surface area contributed by atoms with Crippen molar-refractivity contribution in [2.45, 2.75) is 20.0 Å². The van der Waals surface area contributed by atoms with Gasteiger partial charge in [0.25, 0.3) is 0 Å². The molecule has 11 heteroatoms. The number of methoxy groups -OCH3 is 1. The van der Waals surface area contributed by atoms with Crippen LogP contribution in [0.15, 0.2) is 12.1 Å². The Morgan fingerprint density at radius 2 is 1.96 bits per heavy atom. The fraction of sp³-hybridized carbons (Fsp3) is 0.385. The van der Waals surface area contributed by atoms with E-state index in [0.29, 0.717) is 12.5 Å². The third-order valence-electron chi connectivity index (χ3n) is 2.61. The number of aromatic nitrogens is 5. The summed E-state index contributed by atoms with van der Waals surface area (Å²) in [6.07, 6.45) is -0.804. The van der Waals surface area contributed by atoms with Gasteiger partial charge in [0.1, 0.15) is 0 Å². The lowest BCUT2D eigenvalue weighted by Crippen LogP contribution is -2.25. The lowest BCUT2D eigenvalue weighted by Gasteiger charge is -2.11. The zero-order valence-electron chi connectivity index (χ0n) is 13.4. The molecule has 24 heavy (non-hydrogen) atoms. The number of nitrogens with two attached hydrogens (primary N) is 1. The predicted molar refractivity (Wildman–Crippen MR) is 82.6 cm³/mol. The maximum atomic E-state index is 11.3. The van der Waals surface area contributed by atoms with E-state index >= 15 is 0 Å². The number of hydrogen-bond donors (Lipinski definition) is 2. The Hall–Kier alpha value is -3.24. The molecule has 0 fully saturated rings. The number of nitrogens with zero attached hydrogens (tertiary/aromatic N) is 5. The van der Waals surface area contributed by atoms with Crippen molar-refractivity contribution in [2.75, 3.05) is 24.7 Å². The van der Waals surface area contributed by atoms with Crippen molar-refractivity contribution in [3.8, 4) is 17.8 Å². The van der Waals surface area contributed by atoms with Crippen molar-refractivity contribution in [1.29, 1.82) is 0 Å². The first-order valence-corrected chi connectivity index (χ1v) is 7.03. The minimum atomic E-state index is -0.804. The van der Waals surface area contributed by atoms with Crippen LogP contribution >= 0.6 is 0 Å². The molecular formula is C13H17N7O4. The Kier molecular flexibility index (Phi) is 5.60. The van der Waals surface area contributed by atoms with Crippen LogP contribution in [0.1, 0.15) is 13.8 Å². The van der Waals surface area contributed by atoms with Gasteiger partial charge in [0.05, 0.1) is 7.11 Å². The lowest BCUT2D eigenvalue weighted by atomic mass is 10.4. The van der Waals surface area contributed by atoms with E-state index in [1.54, 1.807) is 0 Å². The van der Waals surface area contributed by atoms with Crippen LogP contribution in [0.25, 0.3) is 0 Å². The van der Waals surface area contributed by atoms with E-state index in [0.717, 1.165) is 0 Å². The molecule has 11 nitrogen and oxygen atoms in total. The minimum absolute atomic E-state index is 0.00997. The van der Waals surface area contributed by atoms with Crippen molar-refractivity contribution >= 4 is 17.9 Å². The molecular weight excluding hydrogens is 318 g/mol. The number of carbonyl (C=O) groups is 1. The third-order valence-corrected chi connectivity index (χ3v) is 2.61. The zero-order chi connectivity index (χ0) is 17.5. The van der Waals surface area contributed by atoms with Gasteiger partial charge in [-0.2, -0.15) is 15.0 Å². The van der Waals surface area contributed by atoms with Gasteiger partial charge < -0.3 is 25.3 Å². The molecule has 0 bridgehead atoms. The minimum Gasteiger partial charge on any atom is -0.466 e. The van der Waals surface area contributed by atoms with Gasteiger partial charge in [0.15, 0.2) is 6.10 Å². The van der Waals surface area contributed by atoms with Crippen molar-refractivity contribution in [2.24, 2.45) is 0 Å². The van der Waals surface area contributed by atoms with E-state index in [-0.39, 0.29) is 23.7 Å². The number of nitrogen functional groups attached to an aromatic ring is 1. The van der Waals surface area contributed by atoms with Crippen LogP contribution in [0, 0.1) is 0 Å². The highest BCUT2D eigenvalue weighted by Crippen LogP contribution is 2.18. The van der Waals surface area contributed by atoms with Crippen LogP contribution < -0.4 is 20.5 Å². The molecule has 0 saturated heterocycles. The molecule has 0 saturated carbocycles. The molecule has 0 amide bonds. The molecule has 0 spiro atoms. The summed E-state index contributed by atoms with van der Waals surface area (Å²) < 4.78 is 15.2. The number of ether oxygens (including phenoxy) is 3. The summed E-state index contributed by atoms with van der Waals surface area (Å²) in [5, 5.41) is 10.5. The Morgan fingerprint density at radius 3 is 2.58 bits per heavy atom. The van der Waals surface area contributed by atoms with Gasteiger partial charge in [-0.25, -0.2) is 4.79 Å². The van der Waals surface area contributed by atoms with Crippen molar-refractivity contribution in [3.63, 3.8) is 0 Å². The molecule has 3 N–H and O–H groups in total. The maximum absolute atomic E-state index is 11.3. The van der Waals surface area contributed by atoms with E-state index in [1.807, 2.05) is 6.92 Å². The first kappa shape index (κ1) is 17.1. The second kappa shape index (κ2) is 7.85. The van der Waals surface area contributed by atoms with E-state index < -0.39 is 12.1 Å². The molecule has 0 aliphatic rings. The summed E-state index contributed by atoms with van der Waals surface area (Å²) in [5.41, 5.74) is 5.58. The molecule has 2 rings (SSSR count). The van der Waals surface area contributed by atoms with Crippen LogP contribution in [0.4, 0.5) is 11.9 Å². The van der Waals surface area contributed by atoms with Crippen molar-refractivity contribution < 1.29 is 19.0 Å². The molecule has 128 valence electrons. The van der Waals surface area contributed by atoms with Gasteiger partial charge >= 0.3 is 12.0 Å². The number of rotatable bonds is 7. The van der Waals surface area contributed by atoms with Gasteiger partial charge in [0.2, 0.25) is 23.7 Å². The summed E-state index contributed by atoms with van der Waals surface area (Å²) in [7, 11) is 1.27. The van der Waals surface area contributed by atoms with Crippen LogP contribution in [0.5, 0.6) is 17.8 Å². The largest absolute Gasteiger partial charge is 0.466 e. The second-order valence-electron chi connectivity index (χ2n) is 4.43. The number of hydrogen-bond acceptors (Lipinski definition) is 11. The normalized spacial score (nSPS) is 11.5. The van der Waals surface area contributed by atoms with Gasteiger partial charge in [0, 0.05) is 18.7 Å². The molecule has 2 heterocycles. The van der Waals surface area contributed by atoms with E-state index in [4.69, 9.17) is 15.2 Å². The monoisotopic (exact) mass is 335 g/mol. The van der Waals surface area contributed by atoms with Gasteiger partial charge in [-0.15, -0.1) is 10.2 Å². The topological polar surface area (TPSA) is 147 Å². The van der Waals surface area contributed by atoms with Crippen LogP contribution in [-0.4, -0.2) is 50.9 Å². The SMILES string of the molecule is CCNc1nc(N)nc(Oc2ccc(O[C@@H](C)C(=O)OC)nn2)n1. The average Bonchev–Trinajstić information content (AvgIpc) is 2.55. The molecule has 1 atom stereocenters. The van der Waals surface area contributed by atoms with Crippen LogP contribution in [-0.2, 0) is 9.53 Å². The first-order chi connectivity index (χ1) is 11.5. The summed E-state index contributed by atoms with van der Waals surface area (Å²) in [5.74, 6) is 0.0502. The zero-order valence-corrected chi connectivity index (χ0v) is 13.4. The molecule has 0 radical (unpaired) electrons. The third kappa shape index (κ3) is 4.63. The summed E-state index contributed by atoms with van der Waals surface area (Å²) in [6, 6.07) is 2.95. The van der Waals surface area contributed by atoms with E-state index in [9.17, 15) is 4.79 Å². The Morgan fingerprint density at radius 1 is 1.25 bits per heavy atom. The molecule has 0 aliphatic heterocycles. The quantitative estimate of drug-likeness (QED) is 0.677. The maximum Gasteiger partial charge on any atom is 0.346 e. The summed E-state index contributed by atoms with van der Waals surface area (Å²) in [4.78, 5) is 23.1. The van der Waals surface area contributed by atoms with Crippen molar-refractivity contribution in [3.05, 3.63) is 12.1 Å². The lowest BCUT2D eigenvalue weighted by molar-refractivity contribution is -0.148. The van der Waals surface area contributed by atoms with Crippen LogP contribution in [0.2, 0.25) is 0 Å². The fourth-order valence-corrected chi connectivity index (χ4v) is 1.57. The van der Waals surface area contributed by atoms with Gasteiger partial charge in [-0.05, 0) is 13.8 Å². The molecule has 2 aromatic rings. The smallest absolute Gasteiger partial charge is 0.346 e. The highest BCUT2D eigenvalue weighted by Gasteiger charge is 2.16. The van der Waals surface area contributed by atoms with Gasteiger partial charge in [-0.1, -0.05) is 0 Å². The standard InChI is InChI=1S/C13H17N7O4/c1-4-15-12-16-11(14)17-13(18-12)24-9-6-5-8(19-20-9)23-7(2)10(21)22-3/h5-7H,4H2,1-3H3,(H3,14,15,16,17,18)/t7-/m0/s1. The summed E-state index contributed by atoms with van der Waals surface area (Å²) in [6.45, 7) is 4.04. The average molecular weight is 335 g/mol. The molecule has 0 unspecified atom stereocenters. The Balaban J connectivity index is 2.05. The van der Waals surface area contributed by atoms with E-state index in [2.05, 4.69) is 35.2 Å². The van der Waals surface area contributed by atoms with Gasteiger partial charge in [-0.3, -0.25) is 0 Å². The number of carbonyl (C=O) groups excluding carboxylic acids is 1. The number of nitrogens with one attached hydrogen (secondary N) is 1. The molecule has 0 aromatic carbocycles. The second-order valence-corrected chi connectivity index (χ2v) is 4.43. The first-order valence-electron chi connectivity index (χ1n) is 7.03.